The zero-order valence-corrected chi connectivity index (χ0v) is 9.81. The second-order valence-electron chi connectivity index (χ2n) is 4.18. The maximum absolute atomic E-state index is 5.66. The smallest absolute Gasteiger partial charge is 0.145 e. The quantitative estimate of drug-likeness (QED) is 0.731. The van der Waals surface area contributed by atoms with E-state index in [1.165, 1.54) is 0 Å². The maximum Gasteiger partial charge on any atom is 0.145 e. The van der Waals surface area contributed by atoms with Gasteiger partial charge in [-0.3, -0.25) is 4.68 Å². The SMILES string of the molecule is CC(C)C(C)OCCCn1ccc(N)n1. The van der Waals surface area contributed by atoms with Crippen LogP contribution in [0, 0.1) is 5.92 Å². The largest absolute Gasteiger partial charge is 0.382 e. The molecule has 4 heteroatoms. The fourth-order valence-corrected chi connectivity index (χ4v) is 1.19. The Bertz CT molecular complexity index is 283. The van der Waals surface area contributed by atoms with Crippen molar-refractivity contribution >= 4 is 5.82 Å². The molecule has 86 valence electrons. The fourth-order valence-electron chi connectivity index (χ4n) is 1.19. The number of nitrogens with zero attached hydrogens (tertiary/aromatic N) is 2. The minimum absolute atomic E-state index is 0.327. The molecular formula is C11H21N3O. The van der Waals surface area contributed by atoms with E-state index in [9.17, 15) is 0 Å². The van der Waals surface area contributed by atoms with Crippen molar-refractivity contribution in [3.8, 4) is 0 Å². The number of nitrogen functional groups attached to an aromatic ring is 1. The molecule has 1 aromatic heterocycles. The molecular weight excluding hydrogens is 190 g/mol. The molecule has 15 heavy (non-hydrogen) atoms. The number of hydrogen-bond acceptors (Lipinski definition) is 3. The molecule has 0 saturated carbocycles. The molecule has 1 unspecified atom stereocenters. The van der Waals surface area contributed by atoms with E-state index in [0.29, 0.717) is 17.8 Å². The zero-order chi connectivity index (χ0) is 11.3. The van der Waals surface area contributed by atoms with E-state index in [1.54, 1.807) is 6.07 Å². The number of rotatable bonds is 6. The van der Waals surface area contributed by atoms with Gasteiger partial charge in [-0.15, -0.1) is 0 Å². The Morgan fingerprint density at radius 3 is 2.73 bits per heavy atom. The second kappa shape index (κ2) is 5.75. The first-order valence-electron chi connectivity index (χ1n) is 5.50. The number of ether oxygens (including phenoxy) is 1. The summed E-state index contributed by atoms with van der Waals surface area (Å²) < 4.78 is 7.51. The van der Waals surface area contributed by atoms with E-state index >= 15 is 0 Å². The highest BCUT2D eigenvalue weighted by Gasteiger charge is 2.06. The van der Waals surface area contributed by atoms with Crippen molar-refractivity contribution in [1.29, 1.82) is 0 Å². The molecule has 0 radical (unpaired) electrons. The first-order valence-corrected chi connectivity index (χ1v) is 5.50. The number of nitrogens with two attached hydrogens (primary N) is 1. The molecule has 0 aliphatic rings. The Morgan fingerprint density at radius 1 is 1.47 bits per heavy atom. The summed E-state index contributed by atoms with van der Waals surface area (Å²) in [5.41, 5.74) is 5.51. The molecule has 1 rings (SSSR count). The molecule has 2 N–H and O–H groups in total. The highest BCUT2D eigenvalue weighted by atomic mass is 16.5. The van der Waals surface area contributed by atoms with Crippen LogP contribution in [0.25, 0.3) is 0 Å². The van der Waals surface area contributed by atoms with Crippen molar-refractivity contribution in [2.45, 2.75) is 39.8 Å². The molecule has 1 heterocycles. The van der Waals surface area contributed by atoms with Gasteiger partial charge in [0.15, 0.2) is 0 Å². The van der Waals surface area contributed by atoms with Crippen LogP contribution in [0.2, 0.25) is 0 Å². The van der Waals surface area contributed by atoms with E-state index in [4.69, 9.17) is 10.5 Å². The molecule has 0 fully saturated rings. The van der Waals surface area contributed by atoms with Crippen LogP contribution in [0.1, 0.15) is 27.2 Å². The summed E-state index contributed by atoms with van der Waals surface area (Å²) in [4.78, 5) is 0. The molecule has 0 aliphatic heterocycles. The topological polar surface area (TPSA) is 53.1 Å². The van der Waals surface area contributed by atoms with Gasteiger partial charge < -0.3 is 10.5 Å². The van der Waals surface area contributed by atoms with E-state index in [0.717, 1.165) is 19.6 Å². The highest BCUT2D eigenvalue weighted by molar-refractivity contribution is 5.23. The molecule has 1 atom stereocenters. The van der Waals surface area contributed by atoms with Crippen molar-refractivity contribution < 1.29 is 4.74 Å². The summed E-state index contributed by atoms with van der Waals surface area (Å²) in [5.74, 6) is 1.15. The van der Waals surface area contributed by atoms with Gasteiger partial charge in [0.2, 0.25) is 0 Å². The summed E-state index contributed by atoms with van der Waals surface area (Å²) in [5, 5.41) is 4.10. The van der Waals surface area contributed by atoms with Gasteiger partial charge in [0.1, 0.15) is 5.82 Å². The van der Waals surface area contributed by atoms with Gasteiger partial charge >= 0.3 is 0 Å². The summed E-state index contributed by atoms with van der Waals surface area (Å²) >= 11 is 0. The van der Waals surface area contributed by atoms with E-state index in [2.05, 4.69) is 25.9 Å². The third-order valence-corrected chi connectivity index (χ3v) is 2.51. The normalized spacial score (nSPS) is 13.3. The lowest BCUT2D eigenvalue weighted by Crippen LogP contribution is -2.16. The average molecular weight is 211 g/mol. The molecule has 0 amide bonds. The molecule has 0 aromatic carbocycles. The average Bonchev–Trinajstić information content (AvgIpc) is 2.58. The first-order chi connectivity index (χ1) is 7.09. The van der Waals surface area contributed by atoms with Gasteiger partial charge in [-0.05, 0) is 25.3 Å². The minimum Gasteiger partial charge on any atom is -0.382 e. The Labute approximate surface area is 91.4 Å². The second-order valence-corrected chi connectivity index (χ2v) is 4.18. The molecule has 4 nitrogen and oxygen atoms in total. The monoisotopic (exact) mass is 211 g/mol. The van der Waals surface area contributed by atoms with Gasteiger partial charge in [0, 0.05) is 19.3 Å². The summed E-state index contributed by atoms with van der Waals surface area (Å²) in [6, 6.07) is 1.80. The van der Waals surface area contributed by atoms with Crippen molar-refractivity contribution in [2.75, 3.05) is 12.3 Å². The molecule has 0 spiro atoms. The lowest BCUT2D eigenvalue weighted by Gasteiger charge is -2.16. The van der Waals surface area contributed by atoms with Gasteiger partial charge in [0.25, 0.3) is 0 Å². The predicted molar refractivity (Wildman–Crippen MR) is 61.5 cm³/mol. The van der Waals surface area contributed by atoms with E-state index < -0.39 is 0 Å². The highest BCUT2D eigenvalue weighted by Crippen LogP contribution is 2.06. The zero-order valence-electron chi connectivity index (χ0n) is 9.81. The van der Waals surface area contributed by atoms with Gasteiger partial charge in [-0.1, -0.05) is 13.8 Å². The third-order valence-electron chi connectivity index (χ3n) is 2.51. The number of aryl methyl sites for hydroxylation is 1. The standard InChI is InChI=1S/C11H21N3O/c1-9(2)10(3)15-8-4-6-14-7-5-11(12)13-14/h5,7,9-10H,4,6,8H2,1-3H3,(H2,12,13). The van der Waals surface area contributed by atoms with Crippen molar-refractivity contribution in [1.82, 2.24) is 9.78 Å². The summed E-state index contributed by atoms with van der Waals surface area (Å²) in [6.45, 7) is 8.08. The van der Waals surface area contributed by atoms with Crippen LogP contribution in [-0.4, -0.2) is 22.5 Å². The Kier molecular flexibility index (Phi) is 4.62. The first kappa shape index (κ1) is 12.0. The Morgan fingerprint density at radius 2 is 2.20 bits per heavy atom. The van der Waals surface area contributed by atoms with Crippen LogP contribution < -0.4 is 5.73 Å². The van der Waals surface area contributed by atoms with Crippen LogP contribution in [0.15, 0.2) is 12.3 Å². The molecule has 0 aliphatic carbocycles. The Balaban J connectivity index is 2.12. The lowest BCUT2D eigenvalue weighted by molar-refractivity contribution is 0.0322. The van der Waals surface area contributed by atoms with E-state index in [-0.39, 0.29) is 0 Å². The number of anilines is 1. The number of hydrogen-bond donors (Lipinski definition) is 1. The maximum atomic E-state index is 5.66. The molecule has 0 bridgehead atoms. The van der Waals surface area contributed by atoms with Crippen molar-refractivity contribution in [3.63, 3.8) is 0 Å². The van der Waals surface area contributed by atoms with Gasteiger partial charge in [-0.2, -0.15) is 5.10 Å². The van der Waals surface area contributed by atoms with Crippen LogP contribution in [0.4, 0.5) is 5.82 Å². The number of aromatic nitrogens is 2. The molecule has 1 aromatic rings. The third kappa shape index (κ3) is 4.34. The van der Waals surface area contributed by atoms with E-state index in [1.807, 2.05) is 10.9 Å². The fraction of sp³-hybridized carbons (Fsp3) is 0.727. The Hall–Kier alpha value is -1.03. The molecule has 0 saturated heterocycles. The van der Waals surface area contributed by atoms with Crippen molar-refractivity contribution in [2.24, 2.45) is 5.92 Å². The predicted octanol–water partition coefficient (Wildman–Crippen LogP) is 1.92. The van der Waals surface area contributed by atoms with Crippen LogP contribution in [0.3, 0.4) is 0 Å². The summed E-state index contributed by atoms with van der Waals surface area (Å²) in [7, 11) is 0. The van der Waals surface area contributed by atoms with Crippen LogP contribution in [-0.2, 0) is 11.3 Å². The van der Waals surface area contributed by atoms with Gasteiger partial charge in [-0.25, -0.2) is 0 Å². The van der Waals surface area contributed by atoms with Crippen LogP contribution >= 0.6 is 0 Å². The van der Waals surface area contributed by atoms with Crippen LogP contribution in [0.5, 0.6) is 0 Å². The van der Waals surface area contributed by atoms with Crippen molar-refractivity contribution in [3.05, 3.63) is 12.3 Å². The minimum atomic E-state index is 0.327. The van der Waals surface area contributed by atoms with Gasteiger partial charge in [0.05, 0.1) is 6.10 Å². The summed E-state index contributed by atoms with van der Waals surface area (Å²) in [6.07, 6.45) is 3.19. The lowest BCUT2D eigenvalue weighted by atomic mass is 10.1.